The number of H-pyrrole nitrogens is 2. The predicted octanol–water partition coefficient (Wildman–Crippen LogP) is -0.200. The first-order valence-electron chi connectivity index (χ1n) is 32.7. The fraction of sp³-hybridized carbons (Fsp3) is 0.485. The molecule has 5 aromatic rings. The lowest BCUT2D eigenvalue weighted by molar-refractivity contribution is -0.137. The Kier molecular flexibility index (Phi) is 27.6. The Morgan fingerprint density at radius 1 is 0.694 bits per heavy atom. The number of carbonyl (C=O) groups excluding carboxylic acids is 10. The number of rotatable bonds is 35. The number of hydrogen-bond donors (Lipinski definition) is 16. The van der Waals surface area contributed by atoms with Gasteiger partial charge in [0.2, 0.25) is 65.0 Å². The number of likely N-dealkylation sites (N-methyl/N-ethyl adjacent to an activating group) is 1. The van der Waals surface area contributed by atoms with Crippen LogP contribution in [0.5, 0.6) is 11.5 Å². The molecule has 0 radical (unpaired) electrons. The number of phenols is 1. The van der Waals surface area contributed by atoms with Crippen molar-refractivity contribution in [2.75, 3.05) is 33.4 Å². The molecule has 0 unspecified atom stereocenters. The number of aliphatic hydroxyl groups is 1. The van der Waals surface area contributed by atoms with E-state index in [-0.39, 0.29) is 92.7 Å². The second-order valence-corrected chi connectivity index (χ2v) is 26.8. The molecule has 32 heteroatoms. The summed E-state index contributed by atoms with van der Waals surface area (Å²) in [6.45, 7) is 9.08. The fourth-order valence-corrected chi connectivity index (χ4v) is 12.5. The maximum absolute atomic E-state index is 14.8. The second-order valence-electron chi connectivity index (χ2n) is 25.1. The Morgan fingerprint density at radius 3 is 1.86 bits per heavy atom. The fourth-order valence-electron chi connectivity index (χ4n) is 11.5. The van der Waals surface area contributed by atoms with Crippen LogP contribution in [0.4, 0.5) is 0 Å². The van der Waals surface area contributed by atoms with Crippen LogP contribution in [0.2, 0.25) is 0 Å². The van der Waals surface area contributed by atoms with Crippen molar-refractivity contribution in [2.45, 2.75) is 165 Å². The molecule has 3 aromatic carbocycles. The van der Waals surface area contributed by atoms with Crippen LogP contribution in [0.25, 0.3) is 10.9 Å². The van der Waals surface area contributed by atoms with E-state index in [0.717, 1.165) is 6.42 Å². The van der Waals surface area contributed by atoms with Crippen LogP contribution in [0.1, 0.15) is 103 Å². The Balaban J connectivity index is 1.07. The van der Waals surface area contributed by atoms with E-state index in [1.807, 2.05) is 11.8 Å². The molecule has 31 nitrogen and oxygen atoms in total. The number of fused-ring (bicyclic) bond motifs is 1. The summed E-state index contributed by atoms with van der Waals surface area (Å²) in [5.41, 5.74) is 2.05. The summed E-state index contributed by atoms with van der Waals surface area (Å²) in [5.74, 6) is -8.69. The summed E-state index contributed by atoms with van der Waals surface area (Å²) in [6.07, 6.45) is 5.33. The Hall–Kier alpha value is -9.95. The highest BCUT2D eigenvalue weighted by molar-refractivity contribution is 7.90. The maximum Gasteiger partial charge on any atom is 0.264 e. The van der Waals surface area contributed by atoms with Crippen LogP contribution >= 0.6 is 0 Å². The van der Waals surface area contributed by atoms with Gasteiger partial charge in [0.15, 0.2) is 0 Å². The Labute approximate surface area is 567 Å². The first-order valence-corrected chi connectivity index (χ1v) is 34.1. The van der Waals surface area contributed by atoms with Gasteiger partial charge < -0.3 is 72.8 Å². The molecular formula is C66H90N16O15S. The van der Waals surface area contributed by atoms with E-state index < -0.39 is 130 Å². The number of benzene rings is 3. The number of imidazole rings is 1. The van der Waals surface area contributed by atoms with E-state index in [0.29, 0.717) is 53.0 Å². The van der Waals surface area contributed by atoms with E-state index in [4.69, 9.17) is 10.1 Å². The molecule has 2 aliphatic rings. The highest BCUT2D eigenvalue weighted by atomic mass is 32.2. The van der Waals surface area contributed by atoms with Crippen LogP contribution < -0.4 is 62.6 Å². The number of phenolic OH excluding ortho intramolecular Hbond substituents is 1. The average Bonchev–Trinajstić information content (AvgIpc) is 1.76. The van der Waals surface area contributed by atoms with E-state index in [2.05, 4.69) is 72.8 Å². The SMILES string of the molecule is CCN1CCC[C@H]1C(=O)NC(=O)[C@H](CCCNC(=N)NS(=O)(=O)c1ccc(OC)cc1)NC(=O)[C@H](CC(C)C)NC(=O)[C@@H](CC(C)C)NC(=O)[C@H](Cc1ccc(O)cc1)NC(=O)[C@H](CO)NC(=O)[C@H](Cc1c[nH]c2ccccc12)NC(=O)[C@H](Cc1c[nH]cn1)NC(=O)[C@@H]1CCC(=O)N1. The van der Waals surface area contributed by atoms with Gasteiger partial charge in [-0.15, -0.1) is 0 Å². The topological polar surface area (TPSA) is 458 Å². The highest BCUT2D eigenvalue weighted by Gasteiger charge is 2.38. The third-order valence-corrected chi connectivity index (χ3v) is 18.0. The molecule has 16 N–H and O–H groups in total. The Morgan fingerprint density at radius 2 is 1.28 bits per heavy atom. The first-order chi connectivity index (χ1) is 46.7. The second kappa shape index (κ2) is 35.9. The molecule has 2 aromatic heterocycles. The van der Waals surface area contributed by atoms with Crippen molar-refractivity contribution in [1.29, 1.82) is 5.41 Å². The lowest BCUT2D eigenvalue weighted by Gasteiger charge is -2.29. The number of nitrogens with one attached hydrogen (secondary N) is 14. The van der Waals surface area contributed by atoms with Gasteiger partial charge in [0.25, 0.3) is 10.0 Å². The molecule has 0 aliphatic carbocycles. The molecular weight excluding hydrogens is 1290 g/mol. The van der Waals surface area contributed by atoms with Gasteiger partial charge in [-0.2, -0.15) is 0 Å². The van der Waals surface area contributed by atoms with Crippen LogP contribution in [0.3, 0.4) is 0 Å². The molecule has 530 valence electrons. The summed E-state index contributed by atoms with van der Waals surface area (Å²) in [4.78, 5) is 153. The minimum atomic E-state index is -4.19. The van der Waals surface area contributed by atoms with E-state index >= 15 is 0 Å². The predicted molar refractivity (Wildman–Crippen MR) is 358 cm³/mol. The molecule has 4 heterocycles. The van der Waals surface area contributed by atoms with Gasteiger partial charge in [-0.1, -0.05) is 65.0 Å². The van der Waals surface area contributed by atoms with Crippen molar-refractivity contribution in [2.24, 2.45) is 11.8 Å². The summed E-state index contributed by atoms with van der Waals surface area (Å²) >= 11 is 0. The third kappa shape index (κ3) is 22.0. The van der Waals surface area contributed by atoms with E-state index in [1.54, 1.807) is 58.2 Å². The molecule has 0 bridgehead atoms. The number of ether oxygens (including phenoxy) is 1. The minimum absolute atomic E-state index is 0.0113. The van der Waals surface area contributed by atoms with Crippen molar-refractivity contribution in [1.82, 2.24) is 77.7 Å². The smallest absolute Gasteiger partial charge is 0.264 e. The zero-order chi connectivity index (χ0) is 71.2. The molecule has 2 aliphatic heterocycles. The van der Waals surface area contributed by atoms with Crippen molar-refractivity contribution in [3.8, 4) is 11.5 Å². The van der Waals surface area contributed by atoms with Gasteiger partial charge >= 0.3 is 0 Å². The van der Waals surface area contributed by atoms with Gasteiger partial charge in [0, 0.05) is 55.5 Å². The number of aromatic nitrogens is 3. The van der Waals surface area contributed by atoms with Crippen LogP contribution in [0.15, 0.2) is 96.4 Å². The number of para-hydroxylation sites is 1. The molecule has 98 heavy (non-hydrogen) atoms. The lowest BCUT2D eigenvalue weighted by atomic mass is 9.98. The monoisotopic (exact) mass is 1380 g/mol. The van der Waals surface area contributed by atoms with Gasteiger partial charge in [-0.3, -0.25) is 63.6 Å². The number of aromatic hydroxyl groups is 1. The van der Waals surface area contributed by atoms with Crippen molar-refractivity contribution < 1.29 is 71.3 Å². The zero-order valence-corrected chi connectivity index (χ0v) is 56.4. The number of hydrogen-bond acceptors (Lipinski definition) is 18. The number of imide groups is 1. The number of amides is 10. The van der Waals surface area contributed by atoms with Crippen molar-refractivity contribution in [3.05, 3.63) is 108 Å². The third-order valence-electron chi connectivity index (χ3n) is 16.7. The van der Waals surface area contributed by atoms with Crippen LogP contribution in [0, 0.1) is 17.2 Å². The van der Waals surface area contributed by atoms with Crippen molar-refractivity contribution >= 4 is 86.0 Å². The molecule has 0 spiro atoms. The normalized spacial score (nSPS) is 16.8. The number of carbonyl (C=O) groups is 10. The van der Waals surface area contributed by atoms with E-state index in [1.165, 1.54) is 68.2 Å². The lowest BCUT2D eigenvalue weighted by Crippen LogP contribution is -2.61. The summed E-state index contributed by atoms with van der Waals surface area (Å²) in [6, 6.07) is 6.48. The number of aliphatic hydroxyl groups excluding tert-OH is 1. The summed E-state index contributed by atoms with van der Waals surface area (Å²) in [5, 5.41) is 56.3. The molecule has 2 fully saturated rings. The Bertz CT molecular complexity index is 3720. The molecule has 10 amide bonds. The average molecular weight is 1380 g/mol. The highest BCUT2D eigenvalue weighted by Crippen LogP contribution is 2.22. The van der Waals surface area contributed by atoms with Crippen molar-refractivity contribution in [3.63, 3.8) is 0 Å². The quantitative estimate of drug-likeness (QED) is 0.0142. The van der Waals surface area contributed by atoms with Gasteiger partial charge in [0.05, 0.1) is 36.7 Å². The number of sulfonamides is 1. The van der Waals surface area contributed by atoms with Gasteiger partial charge in [-0.05, 0) is 123 Å². The molecule has 2 saturated heterocycles. The number of nitrogens with zero attached hydrogens (tertiary/aromatic N) is 2. The molecule has 9 atom stereocenters. The largest absolute Gasteiger partial charge is 0.508 e. The molecule has 0 saturated carbocycles. The summed E-state index contributed by atoms with van der Waals surface area (Å²) in [7, 11) is -2.76. The number of methoxy groups -OCH3 is 1. The number of aromatic amines is 2. The maximum atomic E-state index is 14.8. The zero-order valence-electron chi connectivity index (χ0n) is 55.6. The van der Waals surface area contributed by atoms with Gasteiger partial charge in [-0.25, -0.2) is 18.1 Å². The standard InChI is InChI=1S/C66H90N16O15S/c1-7-82-27-11-15-55(82)65(94)80-58(87)47(14-10-26-69-66(67)81-98(95,96)44-22-20-43(97-6)21-23-44)73-59(88)49(28-37(2)3)74-60(89)50(29-38(4)5)75-61(90)51(30-39-16-18-42(84)19-17-39)76-64(93)54(35-83)79-62(91)52(31-40-33-70-46-13-9-8-12-45(40)46)77-63(92)53(32-41-34-68-36-71-41)78-57(86)48-24-25-56(85)72-48/h8-9,12-13,16-23,33-34,36-38,47-55,70,83-84H,7,10-11,14-15,24-32,35H2,1-6H3,(H,68,71)(H,72,85)(H,73,88)(H,74,89)(H,75,90)(H,76,93)(H,77,92)(H,78,86)(H,79,91)(H3,67,69,81)(H,80,87,94)/t47-,48-,49-,50+,51-,52-,53-,54-,55-/m0/s1. The minimum Gasteiger partial charge on any atom is -0.508 e. The van der Waals surface area contributed by atoms with Crippen LogP contribution in [-0.4, -0.2) is 191 Å². The number of likely N-dealkylation sites (tertiary alicyclic amines) is 1. The first kappa shape index (κ1) is 75.4. The van der Waals surface area contributed by atoms with Gasteiger partial charge in [0.1, 0.15) is 59.8 Å². The van der Waals surface area contributed by atoms with Crippen LogP contribution in [-0.2, 0) is 77.2 Å². The van der Waals surface area contributed by atoms with E-state index in [9.17, 15) is 66.6 Å². The summed E-state index contributed by atoms with van der Waals surface area (Å²) < 4.78 is 33.3. The number of guanidine groups is 1. The molecule has 7 rings (SSSR count).